The van der Waals surface area contributed by atoms with Gasteiger partial charge in [0.2, 0.25) is 5.95 Å². The van der Waals surface area contributed by atoms with Crippen molar-refractivity contribution in [1.29, 1.82) is 0 Å². The summed E-state index contributed by atoms with van der Waals surface area (Å²) in [5, 5.41) is 4.20. The Hall–Kier alpha value is -6.90. The highest BCUT2D eigenvalue weighted by Crippen LogP contribution is 2.33. The summed E-state index contributed by atoms with van der Waals surface area (Å²) in [6.45, 7) is 8.92. The van der Waals surface area contributed by atoms with E-state index in [4.69, 9.17) is 14.7 Å². The fourth-order valence-electron chi connectivity index (χ4n) is 8.57. The van der Waals surface area contributed by atoms with Gasteiger partial charge < -0.3 is 24.4 Å². The Morgan fingerprint density at radius 3 is 2.46 bits per heavy atom. The summed E-state index contributed by atoms with van der Waals surface area (Å²) in [6, 6.07) is 23.4. The average Bonchev–Trinajstić information content (AvgIpc) is 3.72. The Kier molecular flexibility index (Phi) is 10.1. The second-order valence-corrected chi connectivity index (χ2v) is 16.7. The van der Waals surface area contributed by atoms with Crippen LogP contribution in [0.1, 0.15) is 72.5 Å². The molecule has 2 aliphatic rings. The van der Waals surface area contributed by atoms with Gasteiger partial charge in [-0.1, -0.05) is 24.3 Å². The number of hydrogen-bond acceptors (Lipinski definition) is 8. The number of hydrogen-bond donors (Lipinski definition) is 1. The van der Waals surface area contributed by atoms with Gasteiger partial charge in [0.05, 0.1) is 30.5 Å². The maximum absolute atomic E-state index is 14.9. The molecule has 3 aromatic carbocycles. The number of nitrogens with zero attached hydrogens (tertiary/aromatic N) is 8. The molecule has 1 atom stereocenters. The van der Waals surface area contributed by atoms with Crippen molar-refractivity contribution in [3.05, 3.63) is 141 Å². The highest BCUT2D eigenvalue weighted by molar-refractivity contribution is 5.95. The topological polar surface area (TPSA) is 132 Å². The largest absolute Gasteiger partial charge is 0.444 e. The average molecular weight is 826 g/mol. The molecule has 312 valence electrons. The van der Waals surface area contributed by atoms with Crippen LogP contribution in [0.15, 0.2) is 95.9 Å². The first-order valence-corrected chi connectivity index (χ1v) is 20.4. The highest BCUT2D eigenvalue weighted by atomic mass is 19.1. The van der Waals surface area contributed by atoms with Crippen LogP contribution in [0.4, 0.5) is 25.2 Å². The first kappa shape index (κ1) is 39.6. The first-order valence-electron chi connectivity index (χ1n) is 20.4. The molecule has 1 fully saturated rings. The number of carbonyl (C=O) groups excluding carboxylic acids is 2. The van der Waals surface area contributed by atoms with E-state index in [1.807, 2.05) is 74.7 Å². The number of ether oxygens (including phenoxy) is 1. The third kappa shape index (κ3) is 7.60. The zero-order valence-electron chi connectivity index (χ0n) is 34.4. The third-order valence-electron chi connectivity index (χ3n) is 11.3. The number of rotatable bonds is 7. The zero-order valence-corrected chi connectivity index (χ0v) is 34.4. The number of halogens is 2. The van der Waals surface area contributed by atoms with E-state index < -0.39 is 29.4 Å². The van der Waals surface area contributed by atoms with Crippen molar-refractivity contribution in [2.45, 2.75) is 71.7 Å². The summed E-state index contributed by atoms with van der Waals surface area (Å²) in [7, 11) is 0. The number of benzene rings is 3. The van der Waals surface area contributed by atoms with E-state index in [-0.39, 0.29) is 31.2 Å². The molecule has 4 aromatic heterocycles. The number of anilines is 2. The number of carbonyl (C=O) groups is 2. The lowest BCUT2D eigenvalue weighted by molar-refractivity contribution is 0.0172. The number of aryl methyl sites for hydroxylation is 1. The van der Waals surface area contributed by atoms with Crippen molar-refractivity contribution in [2.75, 3.05) is 25.0 Å². The molecule has 15 heteroatoms. The minimum absolute atomic E-state index is 0.126. The maximum Gasteiger partial charge on any atom is 0.410 e. The van der Waals surface area contributed by atoms with Gasteiger partial charge in [-0.2, -0.15) is 4.98 Å². The molecular formula is C46H45F2N9O4. The van der Waals surface area contributed by atoms with E-state index in [1.165, 1.54) is 12.1 Å². The van der Waals surface area contributed by atoms with Crippen LogP contribution >= 0.6 is 0 Å². The molecule has 2 aliphatic heterocycles. The summed E-state index contributed by atoms with van der Waals surface area (Å²) in [6.07, 6.45) is 3.12. The molecule has 0 saturated carbocycles. The molecular weight excluding hydrogens is 781 g/mol. The molecule has 13 nitrogen and oxygen atoms in total. The molecule has 1 saturated heterocycles. The van der Waals surface area contributed by atoms with E-state index in [1.54, 1.807) is 49.4 Å². The van der Waals surface area contributed by atoms with Crippen molar-refractivity contribution in [1.82, 2.24) is 38.5 Å². The maximum atomic E-state index is 14.9. The lowest BCUT2D eigenvalue weighted by Gasteiger charge is -2.34. The van der Waals surface area contributed by atoms with E-state index in [2.05, 4.69) is 10.3 Å². The van der Waals surface area contributed by atoms with Crippen molar-refractivity contribution in [3.63, 3.8) is 0 Å². The van der Waals surface area contributed by atoms with Gasteiger partial charge in [-0.25, -0.2) is 28.3 Å². The molecule has 2 amide bonds. The molecule has 0 aliphatic carbocycles. The normalized spacial score (nSPS) is 15.6. The summed E-state index contributed by atoms with van der Waals surface area (Å²) in [4.78, 5) is 59.8. The second kappa shape index (κ2) is 15.6. The van der Waals surface area contributed by atoms with Gasteiger partial charge in [0.1, 0.15) is 28.4 Å². The van der Waals surface area contributed by atoms with Crippen LogP contribution in [0.3, 0.4) is 0 Å². The van der Waals surface area contributed by atoms with Gasteiger partial charge in [-0.3, -0.25) is 13.9 Å². The number of aromatic nitrogens is 6. The monoisotopic (exact) mass is 825 g/mol. The van der Waals surface area contributed by atoms with Crippen LogP contribution in [-0.2, 0) is 24.2 Å². The molecule has 61 heavy (non-hydrogen) atoms. The molecule has 1 unspecified atom stereocenters. The summed E-state index contributed by atoms with van der Waals surface area (Å²) < 4.78 is 39.5. The third-order valence-corrected chi connectivity index (χ3v) is 11.3. The number of piperidine rings is 1. The van der Waals surface area contributed by atoms with E-state index >= 15 is 0 Å². The Morgan fingerprint density at radius 1 is 0.918 bits per heavy atom. The van der Waals surface area contributed by atoms with Crippen molar-refractivity contribution in [3.8, 4) is 5.69 Å². The first-order chi connectivity index (χ1) is 29.3. The molecule has 0 spiro atoms. The lowest BCUT2D eigenvalue weighted by atomic mass is 10.0. The van der Waals surface area contributed by atoms with Gasteiger partial charge in [0.15, 0.2) is 5.65 Å². The Balaban J connectivity index is 1.05. The Bertz CT molecular complexity index is 2880. The smallest absolute Gasteiger partial charge is 0.410 e. The molecule has 7 aromatic rings. The Morgan fingerprint density at radius 2 is 1.70 bits per heavy atom. The SMILES string of the molecule is Cc1nc(Nc2ccccc2)nc2c1n(-c1ccc(C(=O)N3CCc4c(n(Cc5ccc(F)cc5F)c5ncccc45)C3)cc1)c(=O)n2C1CCCN(C(=O)OC(C)(C)C)C1. The standard InChI is InChI=1S/C46H45F2N9O4/c1-28-39-41(52-43(50-28)51-32-10-6-5-7-11-32)57(34-12-9-22-54(26-34)45(60)61-46(2,3)4)44(59)56(39)33-18-15-29(16-19-33)42(58)53-23-20-35-36-13-8-21-49-40(36)55(38(35)27-53)25-30-14-17-31(47)24-37(30)48/h5-8,10-11,13-19,21,24,34H,9,12,20,22-23,25-27H2,1-4H3,(H,50,51,52). The van der Waals surface area contributed by atoms with Gasteiger partial charge >= 0.3 is 11.8 Å². The van der Waals surface area contributed by atoms with Gasteiger partial charge in [0.25, 0.3) is 5.91 Å². The molecule has 1 N–H and O–H groups in total. The fourth-order valence-corrected chi connectivity index (χ4v) is 8.57. The number of pyridine rings is 1. The molecule has 0 bridgehead atoms. The van der Waals surface area contributed by atoms with Crippen LogP contribution in [0.2, 0.25) is 0 Å². The number of likely N-dealkylation sites (tertiary alicyclic amines) is 1. The quantitative estimate of drug-likeness (QED) is 0.171. The molecule has 0 radical (unpaired) electrons. The molecule has 6 heterocycles. The molecule has 9 rings (SSSR count). The summed E-state index contributed by atoms with van der Waals surface area (Å²) >= 11 is 0. The van der Waals surface area contributed by atoms with Gasteiger partial charge in [0, 0.05) is 59.8 Å². The summed E-state index contributed by atoms with van der Waals surface area (Å²) in [5.41, 5.74) is 5.09. The van der Waals surface area contributed by atoms with Crippen molar-refractivity contribution in [2.24, 2.45) is 0 Å². The van der Waals surface area contributed by atoms with Crippen molar-refractivity contribution < 1.29 is 23.1 Å². The van der Waals surface area contributed by atoms with Crippen LogP contribution in [0, 0.1) is 18.6 Å². The zero-order chi connectivity index (χ0) is 42.6. The number of fused-ring (bicyclic) bond motifs is 4. The number of imidazole rings is 1. The Labute approximate surface area is 350 Å². The van der Waals surface area contributed by atoms with E-state index in [0.29, 0.717) is 77.6 Å². The van der Waals surface area contributed by atoms with Gasteiger partial charge in [-0.15, -0.1) is 0 Å². The summed E-state index contributed by atoms with van der Waals surface area (Å²) in [5.74, 6) is -1.18. The van der Waals surface area contributed by atoms with Crippen LogP contribution in [0.25, 0.3) is 27.9 Å². The number of para-hydroxylation sites is 1. The lowest BCUT2D eigenvalue weighted by Crippen LogP contribution is -2.45. The van der Waals surface area contributed by atoms with Crippen LogP contribution < -0.4 is 11.0 Å². The van der Waals surface area contributed by atoms with Crippen LogP contribution in [-0.4, -0.2) is 75.7 Å². The number of nitrogens with one attached hydrogen (secondary N) is 1. The minimum Gasteiger partial charge on any atom is -0.444 e. The van der Waals surface area contributed by atoms with Crippen LogP contribution in [0.5, 0.6) is 0 Å². The predicted molar refractivity (Wildman–Crippen MR) is 227 cm³/mol. The highest BCUT2D eigenvalue weighted by Gasteiger charge is 2.33. The minimum atomic E-state index is -0.674. The van der Waals surface area contributed by atoms with E-state index in [0.717, 1.165) is 28.4 Å². The van der Waals surface area contributed by atoms with Crippen molar-refractivity contribution >= 4 is 45.8 Å². The number of amides is 2. The second-order valence-electron chi connectivity index (χ2n) is 16.7. The predicted octanol–water partition coefficient (Wildman–Crippen LogP) is 8.08. The van der Waals surface area contributed by atoms with Gasteiger partial charge in [-0.05, 0) is 107 Å². The fraction of sp³-hybridized carbons (Fsp3) is 0.304. The van der Waals surface area contributed by atoms with E-state index in [9.17, 15) is 23.2 Å².